The SMILES string of the molecule is CC/C=C/N=C(C(C)[NH3+])N(C)c1ncc(Br)cn1.CCl. The molecule has 1 unspecified atom stereocenters. The molecule has 3 N–H and O–H groups in total. The Morgan fingerprint density at radius 1 is 1.50 bits per heavy atom. The molecule has 0 amide bonds. The summed E-state index contributed by atoms with van der Waals surface area (Å²) in [6.45, 7) is 4.06. The van der Waals surface area contributed by atoms with Crippen molar-refractivity contribution in [3.8, 4) is 0 Å². The van der Waals surface area contributed by atoms with Gasteiger partial charge in [0.1, 0.15) is 6.04 Å². The van der Waals surface area contributed by atoms with Crippen LogP contribution in [0.4, 0.5) is 5.95 Å². The number of allylic oxidation sites excluding steroid dienone is 1. The first-order valence-corrected chi connectivity index (χ1v) is 7.76. The van der Waals surface area contributed by atoms with E-state index in [2.05, 4.69) is 55.1 Å². The third-order valence-electron chi connectivity index (χ3n) is 2.24. The van der Waals surface area contributed by atoms with Gasteiger partial charge in [-0.2, -0.15) is 0 Å². The van der Waals surface area contributed by atoms with Crippen molar-refractivity contribution in [2.75, 3.05) is 18.3 Å². The molecule has 0 radical (unpaired) electrons. The number of aromatic nitrogens is 2. The van der Waals surface area contributed by atoms with Gasteiger partial charge in [0.25, 0.3) is 0 Å². The van der Waals surface area contributed by atoms with Crippen LogP contribution >= 0.6 is 27.5 Å². The van der Waals surface area contributed by atoms with Crippen molar-refractivity contribution >= 4 is 39.3 Å². The number of rotatable bonds is 4. The minimum absolute atomic E-state index is 0.0590. The summed E-state index contributed by atoms with van der Waals surface area (Å²) in [5.74, 6) is 1.44. The van der Waals surface area contributed by atoms with Gasteiger partial charge in [-0.05, 0) is 29.3 Å². The first kappa shape index (κ1) is 19.0. The van der Waals surface area contributed by atoms with Gasteiger partial charge in [-0.3, -0.25) is 4.90 Å². The fourth-order valence-corrected chi connectivity index (χ4v) is 1.56. The Balaban J connectivity index is 0.00000172. The molecule has 0 spiro atoms. The Bertz CT molecular complexity index is 431. The van der Waals surface area contributed by atoms with E-state index in [9.17, 15) is 0 Å². The topological polar surface area (TPSA) is 69.0 Å². The summed E-state index contributed by atoms with van der Waals surface area (Å²) < 4.78 is 0.853. The largest absolute Gasteiger partial charge is 0.349 e. The van der Waals surface area contributed by atoms with E-state index in [0.717, 1.165) is 16.7 Å². The molecule has 5 nitrogen and oxygen atoms in total. The maximum atomic E-state index is 4.64. The number of aliphatic imine (C=N–C) groups is 1. The summed E-state index contributed by atoms with van der Waals surface area (Å²) in [4.78, 5) is 14.8. The lowest BCUT2D eigenvalue weighted by Crippen LogP contribution is -2.66. The van der Waals surface area contributed by atoms with Gasteiger partial charge in [0.15, 0.2) is 5.84 Å². The Hall–Kier alpha value is -0.980. The van der Waals surface area contributed by atoms with Crippen molar-refractivity contribution in [2.24, 2.45) is 4.99 Å². The van der Waals surface area contributed by atoms with Crippen LogP contribution in [0.15, 0.2) is 34.1 Å². The molecule has 1 aromatic heterocycles. The molecule has 20 heavy (non-hydrogen) atoms. The Kier molecular flexibility index (Phi) is 10.2. The Morgan fingerprint density at radius 3 is 2.50 bits per heavy atom. The van der Waals surface area contributed by atoms with Gasteiger partial charge < -0.3 is 5.73 Å². The second-order valence-electron chi connectivity index (χ2n) is 3.94. The number of anilines is 1. The monoisotopic (exact) mass is 362 g/mol. The fourth-order valence-electron chi connectivity index (χ4n) is 1.36. The third-order valence-corrected chi connectivity index (χ3v) is 2.65. The third kappa shape index (κ3) is 6.45. The highest BCUT2D eigenvalue weighted by atomic mass is 79.9. The lowest BCUT2D eigenvalue weighted by atomic mass is 10.3. The molecule has 0 bridgehead atoms. The molecule has 1 heterocycles. The minimum Gasteiger partial charge on any atom is -0.349 e. The fraction of sp³-hybridized carbons (Fsp3) is 0.462. The molecule has 0 aliphatic rings. The van der Waals surface area contributed by atoms with E-state index in [1.807, 2.05) is 24.9 Å². The summed E-state index contributed by atoms with van der Waals surface area (Å²) >= 11 is 7.95. The van der Waals surface area contributed by atoms with Crippen LogP contribution in [0, 0.1) is 0 Å². The molecule has 0 fully saturated rings. The standard InChI is InChI=1S/C12H18BrN5.CH3Cl/c1-4-5-6-15-11(9(2)14)18(3)12-16-7-10(13)8-17-12;1-2/h5-9H,4,14H2,1-3H3;1H3/p+1/b6-5+,15-11?;. The summed E-state index contributed by atoms with van der Waals surface area (Å²) in [5, 5.41) is 0. The lowest BCUT2D eigenvalue weighted by molar-refractivity contribution is -0.389. The highest BCUT2D eigenvalue weighted by molar-refractivity contribution is 9.10. The van der Waals surface area contributed by atoms with Crippen molar-refractivity contribution in [1.82, 2.24) is 9.97 Å². The number of quaternary nitrogens is 1. The first-order chi connectivity index (χ1) is 9.56. The van der Waals surface area contributed by atoms with Gasteiger partial charge in [-0.15, -0.1) is 11.6 Å². The van der Waals surface area contributed by atoms with Crippen LogP contribution in [0.25, 0.3) is 0 Å². The van der Waals surface area contributed by atoms with E-state index in [0.29, 0.717) is 5.95 Å². The maximum absolute atomic E-state index is 4.64. The van der Waals surface area contributed by atoms with Crippen LogP contribution in [-0.4, -0.2) is 35.3 Å². The zero-order valence-corrected chi connectivity index (χ0v) is 14.7. The zero-order valence-electron chi connectivity index (χ0n) is 12.3. The second-order valence-corrected chi connectivity index (χ2v) is 4.86. The molecule has 0 saturated carbocycles. The van der Waals surface area contributed by atoms with Crippen LogP contribution in [0.2, 0.25) is 0 Å². The van der Waals surface area contributed by atoms with Crippen LogP contribution in [0.1, 0.15) is 20.3 Å². The summed E-state index contributed by atoms with van der Waals surface area (Å²) in [7, 11) is 1.89. The van der Waals surface area contributed by atoms with Gasteiger partial charge in [-0.25, -0.2) is 15.0 Å². The first-order valence-electron chi connectivity index (χ1n) is 6.21. The predicted molar refractivity (Wildman–Crippen MR) is 89.1 cm³/mol. The molecule has 0 aliphatic carbocycles. The minimum atomic E-state index is 0.0590. The smallest absolute Gasteiger partial charge is 0.230 e. The number of alkyl halides is 1. The lowest BCUT2D eigenvalue weighted by Gasteiger charge is -2.19. The van der Waals surface area contributed by atoms with Crippen LogP contribution in [-0.2, 0) is 0 Å². The number of hydrogen-bond donors (Lipinski definition) is 1. The van der Waals surface area contributed by atoms with E-state index in [1.54, 1.807) is 18.6 Å². The number of halogens is 2. The Labute approximate surface area is 134 Å². The van der Waals surface area contributed by atoms with Crippen molar-refractivity contribution in [2.45, 2.75) is 26.3 Å². The molecule has 0 saturated heterocycles. The average Bonchev–Trinajstić information content (AvgIpc) is 2.45. The molecule has 0 aliphatic heterocycles. The predicted octanol–water partition coefficient (Wildman–Crippen LogP) is 2.48. The van der Waals surface area contributed by atoms with Crippen molar-refractivity contribution in [1.29, 1.82) is 0 Å². The van der Waals surface area contributed by atoms with E-state index < -0.39 is 0 Å². The maximum Gasteiger partial charge on any atom is 0.230 e. The molecule has 7 heteroatoms. The highest BCUT2D eigenvalue weighted by Gasteiger charge is 2.17. The quantitative estimate of drug-likeness (QED) is 0.507. The van der Waals surface area contributed by atoms with Gasteiger partial charge in [-0.1, -0.05) is 13.0 Å². The number of nitrogens with zero attached hydrogens (tertiary/aromatic N) is 4. The molecule has 1 rings (SSSR count). The van der Waals surface area contributed by atoms with E-state index in [4.69, 9.17) is 0 Å². The molecular formula is C13H22BrClN5+. The van der Waals surface area contributed by atoms with Gasteiger partial charge in [0.2, 0.25) is 5.95 Å². The number of hydrogen-bond acceptors (Lipinski definition) is 3. The number of likely N-dealkylation sites (N-methyl/N-ethyl adjacent to an activating group) is 1. The van der Waals surface area contributed by atoms with Gasteiger partial charge in [0, 0.05) is 32.0 Å². The van der Waals surface area contributed by atoms with Crippen LogP contribution < -0.4 is 10.6 Å². The number of amidine groups is 1. The average molecular weight is 364 g/mol. The van der Waals surface area contributed by atoms with Gasteiger partial charge in [0.05, 0.1) is 4.47 Å². The van der Waals surface area contributed by atoms with Crippen molar-refractivity contribution < 1.29 is 5.73 Å². The molecule has 1 atom stereocenters. The highest BCUT2D eigenvalue weighted by Crippen LogP contribution is 2.10. The van der Waals surface area contributed by atoms with Crippen LogP contribution in [0.3, 0.4) is 0 Å². The summed E-state index contributed by atoms with van der Waals surface area (Å²) in [5.41, 5.74) is 4.01. The van der Waals surface area contributed by atoms with Crippen molar-refractivity contribution in [3.63, 3.8) is 0 Å². The Morgan fingerprint density at radius 2 is 2.05 bits per heavy atom. The molecule has 112 valence electrons. The van der Waals surface area contributed by atoms with E-state index in [-0.39, 0.29) is 6.04 Å². The van der Waals surface area contributed by atoms with Crippen molar-refractivity contribution in [3.05, 3.63) is 29.1 Å². The van der Waals surface area contributed by atoms with E-state index >= 15 is 0 Å². The molecule has 0 aromatic carbocycles. The second kappa shape index (κ2) is 10.8. The van der Waals surface area contributed by atoms with E-state index in [1.165, 1.54) is 6.38 Å². The molecule has 1 aromatic rings. The van der Waals surface area contributed by atoms with Crippen LogP contribution in [0.5, 0.6) is 0 Å². The summed E-state index contributed by atoms with van der Waals surface area (Å²) in [6, 6.07) is 0.0590. The zero-order chi connectivity index (χ0) is 15.5. The summed E-state index contributed by atoms with van der Waals surface area (Å²) in [6.07, 6.45) is 9.66. The van der Waals surface area contributed by atoms with Gasteiger partial charge >= 0.3 is 0 Å². The molecular weight excluding hydrogens is 342 g/mol. The normalized spacial score (nSPS) is 12.8.